The summed E-state index contributed by atoms with van der Waals surface area (Å²) in [6.45, 7) is 4.34. The molecule has 2 aliphatic rings. The largest absolute Gasteiger partial charge is 0.326 e. The van der Waals surface area contributed by atoms with E-state index in [1.54, 1.807) is 4.90 Å². The predicted molar refractivity (Wildman–Crippen MR) is 82.3 cm³/mol. The van der Waals surface area contributed by atoms with Crippen molar-refractivity contribution in [3.63, 3.8) is 0 Å². The standard InChI is InChI=1S/C16H21N3O2/c1-16(7-8-17-11-16)15(21)18-12-4-2-5-13(10-12)19-9-3-6-14(19)20/h2,4-5,10,17H,3,6-9,11H2,1H3,(H,18,21). The number of carbonyl (C=O) groups is 2. The minimum atomic E-state index is -0.348. The number of carbonyl (C=O) groups excluding carboxylic acids is 2. The van der Waals surface area contributed by atoms with E-state index >= 15 is 0 Å². The quantitative estimate of drug-likeness (QED) is 0.890. The number of benzene rings is 1. The lowest BCUT2D eigenvalue weighted by Gasteiger charge is -2.22. The third kappa shape index (κ3) is 2.78. The van der Waals surface area contributed by atoms with Crippen LogP contribution in [0.5, 0.6) is 0 Å². The summed E-state index contributed by atoms with van der Waals surface area (Å²) in [7, 11) is 0. The van der Waals surface area contributed by atoms with Crippen LogP contribution in [0, 0.1) is 5.41 Å². The zero-order valence-corrected chi connectivity index (χ0v) is 12.3. The number of nitrogens with zero attached hydrogens (tertiary/aromatic N) is 1. The number of hydrogen-bond donors (Lipinski definition) is 2. The van der Waals surface area contributed by atoms with Crippen LogP contribution in [0.4, 0.5) is 11.4 Å². The third-order valence-corrected chi connectivity index (χ3v) is 4.41. The van der Waals surface area contributed by atoms with Gasteiger partial charge in [0.15, 0.2) is 0 Å². The molecule has 3 rings (SSSR count). The second kappa shape index (κ2) is 5.48. The van der Waals surface area contributed by atoms with Gasteiger partial charge in [0.2, 0.25) is 11.8 Å². The molecule has 2 heterocycles. The summed E-state index contributed by atoms with van der Waals surface area (Å²) >= 11 is 0. The Morgan fingerprint density at radius 1 is 1.43 bits per heavy atom. The van der Waals surface area contributed by atoms with Crippen LogP contribution in [-0.4, -0.2) is 31.4 Å². The summed E-state index contributed by atoms with van der Waals surface area (Å²) in [6.07, 6.45) is 2.36. The Bertz CT molecular complexity index is 564. The van der Waals surface area contributed by atoms with Crippen LogP contribution in [0.25, 0.3) is 0 Å². The lowest BCUT2D eigenvalue weighted by atomic mass is 9.89. The fourth-order valence-electron chi connectivity index (χ4n) is 2.97. The molecule has 0 aromatic heterocycles. The van der Waals surface area contributed by atoms with Crippen molar-refractivity contribution in [3.05, 3.63) is 24.3 Å². The molecule has 1 aromatic rings. The average molecular weight is 287 g/mol. The van der Waals surface area contributed by atoms with Crippen molar-refractivity contribution in [1.82, 2.24) is 5.32 Å². The van der Waals surface area contributed by atoms with Gasteiger partial charge < -0.3 is 15.5 Å². The lowest BCUT2D eigenvalue weighted by molar-refractivity contribution is -0.123. The third-order valence-electron chi connectivity index (χ3n) is 4.41. The summed E-state index contributed by atoms with van der Waals surface area (Å²) < 4.78 is 0. The van der Waals surface area contributed by atoms with Gasteiger partial charge in [-0.3, -0.25) is 9.59 Å². The van der Waals surface area contributed by atoms with Gasteiger partial charge in [-0.15, -0.1) is 0 Å². The zero-order valence-electron chi connectivity index (χ0n) is 12.3. The Hall–Kier alpha value is -1.88. The minimum Gasteiger partial charge on any atom is -0.326 e. The van der Waals surface area contributed by atoms with Crippen molar-refractivity contribution >= 4 is 23.2 Å². The maximum Gasteiger partial charge on any atom is 0.231 e. The predicted octanol–water partition coefficient (Wildman–Crippen LogP) is 1.75. The van der Waals surface area contributed by atoms with Gasteiger partial charge >= 0.3 is 0 Å². The summed E-state index contributed by atoms with van der Waals surface area (Å²) in [4.78, 5) is 26.0. The van der Waals surface area contributed by atoms with Crippen LogP contribution < -0.4 is 15.5 Å². The van der Waals surface area contributed by atoms with Gasteiger partial charge in [-0.1, -0.05) is 6.07 Å². The first-order chi connectivity index (χ1) is 10.1. The fourth-order valence-corrected chi connectivity index (χ4v) is 2.97. The fraction of sp³-hybridized carbons (Fsp3) is 0.500. The summed E-state index contributed by atoms with van der Waals surface area (Å²) in [5.41, 5.74) is 1.27. The molecule has 2 aliphatic heterocycles. The van der Waals surface area contributed by atoms with Gasteiger partial charge in [0.25, 0.3) is 0 Å². The molecule has 5 nitrogen and oxygen atoms in total. The molecule has 112 valence electrons. The topological polar surface area (TPSA) is 61.4 Å². The molecule has 2 N–H and O–H groups in total. The Morgan fingerprint density at radius 3 is 2.95 bits per heavy atom. The van der Waals surface area contributed by atoms with Crippen molar-refractivity contribution in [3.8, 4) is 0 Å². The van der Waals surface area contributed by atoms with E-state index in [0.717, 1.165) is 37.3 Å². The van der Waals surface area contributed by atoms with E-state index < -0.39 is 0 Å². The summed E-state index contributed by atoms with van der Waals surface area (Å²) in [6, 6.07) is 7.55. The van der Waals surface area contributed by atoms with E-state index in [-0.39, 0.29) is 17.2 Å². The highest BCUT2D eigenvalue weighted by Gasteiger charge is 2.36. The monoisotopic (exact) mass is 287 g/mol. The van der Waals surface area contributed by atoms with Crippen LogP contribution in [-0.2, 0) is 9.59 Å². The molecule has 2 amide bonds. The number of anilines is 2. The van der Waals surface area contributed by atoms with Gasteiger partial charge in [-0.05, 0) is 44.5 Å². The summed E-state index contributed by atoms with van der Waals surface area (Å²) in [5, 5.41) is 6.21. The highest BCUT2D eigenvalue weighted by atomic mass is 16.2. The molecule has 0 radical (unpaired) electrons. The molecule has 0 spiro atoms. The maximum atomic E-state index is 12.4. The van der Waals surface area contributed by atoms with Crippen LogP contribution in [0.1, 0.15) is 26.2 Å². The molecular weight excluding hydrogens is 266 g/mol. The van der Waals surface area contributed by atoms with E-state index in [1.165, 1.54) is 0 Å². The molecule has 0 saturated carbocycles. The molecular formula is C16H21N3O2. The Kier molecular flexibility index (Phi) is 3.68. The van der Waals surface area contributed by atoms with Crippen molar-refractivity contribution < 1.29 is 9.59 Å². The molecule has 21 heavy (non-hydrogen) atoms. The van der Waals surface area contributed by atoms with Gasteiger partial charge in [-0.25, -0.2) is 0 Å². The highest BCUT2D eigenvalue weighted by molar-refractivity contribution is 5.98. The van der Waals surface area contributed by atoms with Gasteiger partial charge in [0.1, 0.15) is 0 Å². The maximum absolute atomic E-state index is 12.4. The van der Waals surface area contributed by atoms with Gasteiger partial charge in [-0.2, -0.15) is 0 Å². The molecule has 2 fully saturated rings. The van der Waals surface area contributed by atoms with Gasteiger partial charge in [0, 0.05) is 30.9 Å². The van der Waals surface area contributed by atoms with Crippen LogP contribution in [0.3, 0.4) is 0 Å². The minimum absolute atomic E-state index is 0.0393. The molecule has 1 aromatic carbocycles. The second-order valence-corrected chi connectivity index (χ2v) is 6.14. The molecule has 1 unspecified atom stereocenters. The second-order valence-electron chi connectivity index (χ2n) is 6.14. The Balaban J connectivity index is 1.74. The van der Waals surface area contributed by atoms with E-state index in [9.17, 15) is 9.59 Å². The Labute approximate surface area is 124 Å². The van der Waals surface area contributed by atoms with Crippen molar-refractivity contribution in [2.75, 3.05) is 29.9 Å². The van der Waals surface area contributed by atoms with Crippen LogP contribution in [0.2, 0.25) is 0 Å². The number of nitrogens with one attached hydrogen (secondary N) is 2. The molecule has 0 bridgehead atoms. The van der Waals surface area contributed by atoms with Gasteiger partial charge in [0.05, 0.1) is 5.41 Å². The van der Waals surface area contributed by atoms with E-state index in [0.29, 0.717) is 13.0 Å². The molecule has 2 saturated heterocycles. The van der Waals surface area contributed by atoms with Crippen molar-refractivity contribution in [2.24, 2.45) is 5.41 Å². The summed E-state index contributed by atoms with van der Waals surface area (Å²) in [5.74, 6) is 0.197. The van der Waals surface area contributed by atoms with E-state index in [4.69, 9.17) is 0 Å². The average Bonchev–Trinajstić information content (AvgIpc) is 3.09. The first-order valence-electron chi connectivity index (χ1n) is 7.51. The number of hydrogen-bond acceptors (Lipinski definition) is 3. The van der Waals surface area contributed by atoms with Crippen LogP contribution in [0.15, 0.2) is 24.3 Å². The first kappa shape index (κ1) is 14.1. The van der Waals surface area contributed by atoms with Crippen molar-refractivity contribution in [2.45, 2.75) is 26.2 Å². The molecule has 1 atom stereocenters. The number of amides is 2. The van der Waals surface area contributed by atoms with Crippen LogP contribution >= 0.6 is 0 Å². The Morgan fingerprint density at radius 2 is 2.29 bits per heavy atom. The highest BCUT2D eigenvalue weighted by Crippen LogP contribution is 2.28. The first-order valence-corrected chi connectivity index (χ1v) is 7.51. The number of rotatable bonds is 3. The molecule has 5 heteroatoms. The molecule has 0 aliphatic carbocycles. The smallest absolute Gasteiger partial charge is 0.231 e. The van der Waals surface area contributed by atoms with Crippen molar-refractivity contribution in [1.29, 1.82) is 0 Å². The SMILES string of the molecule is CC1(C(=O)Nc2cccc(N3CCCC3=O)c2)CCNC1. The van der Waals surface area contributed by atoms with E-state index in [1.807, 2.05) is 31.2 Å². The lowest BCUT2D eigenvalue weighted by Crippen LogP contribution is -2.35. The zero-order chi connectivity index (χ0) is 14.9. The van der Waals surface area contributed by atoms with E-state index in [2.05, 4.69) is 10.6 Å². The normalized spacial score (nSPS) is 25.4.